The molecule has 0 amide bonds. The van der Waals surface area contributed by atoms with Gasteiger partial charge in [-0.3, -0.25) is 4.98 Å². The highest BCUT2D eigenvalue weighted by atomic mass is 35.5. The molecule has 1 aliphatic heterocycles. The molecule has 0 spiro atoms. The summed E-state index contributed by atoms with van der Waals surface area (Å²) >= 11 is 12.4. The van der Waals surface area contributed by atoms with Crippen LogP contribution in [0.25, 0.3) is 0 Å². The molecule has 1 aliphatic carbocycles. The van der Waals surface area contributed by atoms with E-state index in [2.05, 4.69) is 17.2 Å². The molecule has 1 aromatic heterocycles. The highest BCUT2D eigenvalue weighted by Gasteiger charge is 2.42. The largest absolute Gasteiger partial charge is 0.387 e. The molecule has 0 aromatic carbocycles. The van der Waals surface area contributed by atoms with Crippen molar-refractivity contribution in [2.24, 2.45) is 11.3 Å². The molecular weight excluding hydrogens is 319 g/mol. The van der Waals surface area contributed by atoms with Crippen molar-refractivity contribution in [1.82, 2.24) is 10.3 Å². The summed E-state index contributed by atoms with van der Waals surface area (Å²) in [5, 5.41) is 15.1. The Labute approximate surface area is 142 Å². The number of aromatic nitrogens is 1. The van der Waals surface area contributed by atoms with Gasteiger partial charge >= 0.3 is 0 Å². The van der Waals surface area contributed by atoms with Crippen LogP contribution in [-0.4, -0.2) is 22.7 Å². The van der Waals surface area contributed by atoms with Gasteiger partial charge in [0.25, 0.3) is 0 Å². The first-order valence-electron chi connectivity index (χ1n) is 8.21. The van der Waals surface area contributed by atoms with Gasteiger partial charge < -0.3 is 10.4 Å². The molecule has 5 heteroatoms. The molecule has 0 radical (unpaired) electrons. The molecule has 2 heterocycles. The molecule has 0 bridgehead atoms. The Hall–Kier alpha value is -0.350. The molecule has 2 N–H and O–H groups in total. The van der Waals surface area contributed by atoms with Crippen molar-refractivity contribution >= 4 is 23.2 Å². The molecular formula is C17H24Cl2N2O. The topological polar surface area (TPSA) is 45.1 Å². The van der Waals surface area contributed by atoms with Gasteiger partial charge in [0.15, 0.2) is 0 Å². The zero-order valence-corrected chi connectivity index (χ0v) is 14.5. The van der Waals surface area contributed by atoms with Crippen LogP contribution in [0.2, 0.25) is 10.0 Å². The second-order valence-corrected chi connectivity index (χ2v) is 7.94. The van der Waals surface area contributed by atoms with Crippen molar-refractivity contribution < 1.29 is 5.11 Å². The number of nitrogens with one attached hydrogen (secondary N) is 1. The van der Waals surface area contributed by atoms with E-state index in [1.54, 1.807) is 12.4 Å². The molecule has 3 atom stereocenters. The highest BCUT2D eigenvalue weighted by Crippen LogP contribution is 2.47. The van der Waals surface area contributed by atoms with Gasteiger partial charge in [-0.2, -0.15) is 0 Å². The van der Waals surface area contributed by atoms with E-state index in [9.17, 15) is 5.11 Å². The molecule has 3 rings (SSSR count). The number of hydrogen-bond acceptors (Lipinski definition) is 3. The number of halogens is 2. The van der Waals surface area contributed by atoms with Crippen LogP contribution >= 0.6 is 23.2 Å². The Bertz CT molecular complexity index is 511. The molecule has 1 saturated heterocycles. The summed E-state index contributed by atoms with van der Waals surface area (Å²) in [5.74, 6) is 0.617. The van der Waals surface area contributed by atoms with Crippen LogP contribution in [-0.2, 0) is 0 Å². The summed E-state index contributed by atoms with van der Waals surface area (Å²) in [6.07, 6.45) is 10.0. The number of aliphatic hydroxyl groups is 1. The Kier molecular flexibility index (Phi) is 4.98. The first-order valence-corrected chi connectivity index (χ1v) is 8.97. The monoisotopic (exact) mass is 342 g/mol. The van der Waals surface area contributed by atoms with Crippen molar-refractivity contribution in [3.05, 3.63) is 28.0 Å². The summed E-state index contributed by atoms with van der Waals surface area (Å²) in [4.78, 5) is 3.96. The van der Waals surface area contributed by atoms with E-state index >= 15 is 0 Å². The van der Waals surface area contributed by atoms with E-state index in [-0.39, 0.29) is 6.04 Å². The van der Waals surface area contributed by atoms with Gasteiger partial charge in [-0.05, 0) is 37.1 Å². The fourth-order valence-corrected chi connectivity index (χ4v) is 4.80. The zero-order valence-electron chi connectivity index (χ0n) is 13.0. The average Bonchev–Trinajstić information content (AvgIpc) is 2.98. The van der Waals surface area contributed by atoms with E-state index < -0.39 is 6.10 Å². The van der Waals surface area contributed by atoms with Crippen LogP contribution in [0.1, 0.15) is 57.1 Å². The average molecular weight is 343 g/mol. The minimum absolute atomic E-state index is 0.0150. The second kappa shape index (κ2) is 6.64. The Morgan fingerprint density at radius 3 is 2.50 bits per heavy atom. The highest BCUT2D eigenvalue weighted by molar-refractivity contribution is 6.35. The predicted octanol–water partition coefficient (Wildman–Crippen LogP) is 4.37. The summed E-state index contributed by atoms with van der Waals surface area (Å²) < 4.78 is 0. The standard InChI is InChI=1S/C17H24Cl2N2O/c1-17(5-3-2-4-6-17)11-7-14(21-8-11)16(22)15-12(18)9-20-10-13(15)19/h9-11,14,16,21-22H,2-8H2,1H3/t11-,14?,16?/m1/s1. The molecule has 3 nitrogen and oxygen atoms in total. The van der Waals surface area contributed by atoms with Crippen LogP contribution in [0, 0.1) is 11.3 Å². The summed E-state index contributed by atoms with van der Waals surface area (Å²) in [5.41, 5.74) is 1.01. The lowest BCUT2D eigenvalue weighted by molar-refractivity contribution is 0.109. The van der Waals surface area contributed by atoms with E-state index in [1.165, 1.54) is 32.1 Å². The summed E-state index contributed by atoms with van der Waals surface area (Å²) in [6, 6.07) is 0.0150. The van der Waals surface area contributed by atoms with Gasteiger partial charge in [0.2, 0.25) is 0 Å². The Balaban J connectivity index is 1.72. The molecule has 2 fully saturated rings. The SMILES string of the molecule is CC1([C@H]2CNC(C(O)c3c(Cl)cncc3Cl)C2)CCCCC1. The molecule has 122 valence electrons. The maximum atomic E-state index is 10.7. The Morgan fingerprint density at radius 2 is 1.86 bits per heavy atom. The second-order valence-electron chi connectivity index (χ2n) is 7.12. The fraction of sp³-hybridized carbons (Fsp3) is 0.706. The quantitative estimate of drug-likeness (QED) is 0.857. The van der Waals surface area contributed by atoms with Crippen molar-refractivity contribution in [2.75, 3.05) is 6.54 Å². The fourth-order valence-electron chi connectivity index (χ4n) is 4.21. The summed E-state index contributed by atoms with van der Waals surface area (Å²) in [7, 11) is 0. The van der Waals surface area contributed by atoms with Crippen molar-refractivity contribution in [1.29, 1.82) is 0 Å². The lowest BCUT2D eigenvalue weighted by Gasteiger charge is -2.39. The maximum absolute atomic E-state index is 10.7. The molecule has 2 aliphatic rings. The number of rotatable bonds is 3. The lowest BCUT2D eigenvalue weighted by atomic mass is 9.66. The summed E-state index contributed by atoms with van der Waals surface area (Å²) in [6.45, 7) is 3.39. The third kappa shape index (κ3) is 3.14. The van der Waals surface area contributed by atoms with E-state index in [0.717, 1.165) is 13.0 Å². The minimum Gasteiger partial charge on any atom is -0.387 e. The molecule has 1 aromatic rings. The van der Waals surface area contributed by atoms with E-state index in [0.29, 0.717) is 26.9 Å². The zero-order chi connectivity index (χ0) is 15.7. The molecule has 1 saturated carbocycles. The number of pyridine rings is 1. The van der Waals surface area contributed by atoms with Gasteiger partial charge in [-0.25, -0.2) is 0 Å². The van der Waals surface area contributed by atoms with Crippen LogP contribution in [0.4, 0.5) is 0 Å². The predicted molar refractivity (Wildman–Crippen MR) is 90.3 cm³/mol. The number of nitrogens with zero attached hydrogens (tertiary/aromatic N) is 1. The number of aliphatic hydroxyl groups excluding tert-OH is 1. The number of hydrogen-bond donors (Lipinski definition) is 2. The van der Waals surface area contributed by atoms with Gasteiger partial charge in [0, 0.05) is 24.0 Å². The molecule has 22 heavy (non-hydrogen) atoms. The minimum atomic E-state index is -0.680. The van der Waals surface area contributed by atoms with Gasteiger partial charge in [-0.15, -0.1) is 0 Å². The van der Waals surface area contributed by atoms with Gasteiger partial charge in [0.05, 0.1) is 16.1 Å². The molecule has 2 unspecified atom stereocenters. The van der Waals surface area contributed by atoms with Crippen molar-refractivity contribution in [3.8, 4) is 0 Å². The smallest absolute Gasteiger partial charge is 0.0973 e. The van der Waals surface area contributed by atoms with Crippen LogP contribution in [0.15, 0.2) is 12.4 Å². The first-order chi connectivity index (χ1) is 10.5. The van der Waals surface area contributed by atoms with Crippen LogP contribution in [0.5, 0.6) is 0 Å². The van der Waals surface area contributed by atoms with Gasteiger partial charge in [-0.1, -0.05) is 49.4 Å². The normalized spacial score (nSPS) is 29.5. The van der Waals surface area contributed by atoms with Crippen LogP contribution < -0.4 is 5.32 Å². The van der Waals surface area contributed by atoms with Crippen molar-refractivity contribution in [2.45, 2.75) is 57.6 Å². The first kappa shape index (κ1) is 16.5. The van der Waals surface area contributed by atoms with Crippen LogP contribution in [0.3, 0.4) is 0 Å². The third-order valence-corrected chi connectivity index (χ3v) is 6.32. The van der Waals surface area contributed by atoms with E-state index in [4.69, 9.17) is 23.2 Å². The van der Waals surface area contributed by atoms with E-state index in [1.807, 2.05) is 0 Å². The maximum Gasteiger partial charge on any atom is 0.0973 e. The lowest BCUT2D eigenvalue weighted by Crippen LogP contribution is -2.31. The Morgan fingerprint density at radius 1 is 1.23 bits per heavy atom. The van der Waals surface area contributed by atoms with Crippen molar-refractivity contribution in [3.63, 3.8) is 0 Å². The van der Waals surface area contributed by atoms with Gasteiger partial charge in [0.1, 0.15) is 0 Å². The third-order valence-electron chi connectivity index (χ3n) is 5.71.